The van der Waals surface area contributed by atoms with E-state index in [9.17, 15) is 5.11 Å². The highest BCUT2D eigenvalue weighted by Crippen LogP contribution is 2.25. The molecule has 1 aromatic heterocycles. The minimum absolute atomic E-state index is 0.485. The Labute approximate surface area is 81.4 Å². The van der Waals surface area contributed by atoms with E-state index >= 15 is 0 Å². The van der Waals surface area contributed by atoms with Gasteiger partial charge in [0.1, 0.15) is 6.33 Å². The maximum atomic E-state index is 9.73. The second-order valence-electron chi connectivity index (χ2n) is 3.71. The predicted octanol–water partition coefficient (Wildman–Crippen LogP) is 0.889. The van der Waals surface area contributed by atoms with Crippen LogP contribution in [-0.4, -0.2) is 33.2 Å². The van der Waals surface area contributed by atoms with Gasteiger partial charge in [-0.3, -0.25) is 0 Å². The molecule has 0 saturated carbocycles. The summed E-state index contributed by atoms with van der Waals surface area (Å²) in [6.07, 6.45) is 3.20. The lowest BCUT2D eigenvalue weighted by Crippen LogP contribution is -2.42. The van der Waals surface area contributed by atoms with Crippen molar-refractivity contribution in [3.8, 4) is 0 Å². The maximum Gasteiger partial charge on any atom is 0.204 e. The number of hydrogen-bond acceptors (Lipinski definition) is 5. The van der Waals surface area contributed by atoms with E-state index < -0.39 is 5.60 Å². The van der Waals surface area contributed by atoms with E-state index in [0.717, 1.165) is 31.1 Å². The molecule has 0 bridgehead atoms. The van der Waals surface area contributed by atoms with Gasteiger partial charge < -0.3 is 10.0 Å². The van der Waals surface area contributed by atoms with Crippen LogP contribution < -0.4 is 4.90 Å². The first-order chi connectivity index (χ1) is 6.17. The van der Waals surface area contributed by atoms with E-state index in [-0.39, 0.29) is 0 Å². The van der Waals surface area contributed by atoms with Crippen LogP contribution in [0.4, 0.5) is 5.13 Å². The van der Waals surface area contributed by atoms with Gasteiger partial charge in [-0.05, 0) is 19.8 Å². The monoisotopic (exact) mass is 199 g/mol. The molecule has 0 unspecified atom stereocenters. The first-order valence-electron chi connectivity index (χ1n) is 4.41. The Morgan fingerprint density at radius 2 is 2.23 bits per heavy atom. The molecule has 0 aromatic carbocycles. The molecule has 1 N–H and O–H groups in total. The lowest BCUT2D eigenvalue weighted by Gasteiger charge is -2.35. The smallest absolute Gasteiger partial charge is 0.204 e. The Morgan fingerprint density at radius 3 is 2.77 bits per heavy atom. The zero-order valence-corrected chi connectivity index (χ0v) is 8.42. The molecule has 1 saturated heterocycles. The molecule has 72 valence electrons. The summed E-state index contributed by atoms with van der Waals surface area (Å²) < 4.78 is 3.96. The molecule has 2 heterocycles. The summed E-state index contributed by atoms with van der Waals surface area (Å²) in [4.78, 5) is 6.32. The van der Waals surface area contributed by atoms with Gasteiger partial charge in [-0.2, -0.15) is 4.37 Å². The molecule has 13 heavy (non-hydrogen) atoms. The normalized spacial score (nSPS) is 21.8. The Balaban J connectivity index is 1.99. The lowest BCUT2D eigenvalue weighted by molar-refractivity contribution is 0.0351. The van der Waals surface area contributed by atoms with Gasteiger partial charge in [0.25, 0.3) is 0 Å². The summed E-state index contributed by atoms with van der Waals surface area (Å²) in [5, 5.41) is 10.7. The van der Waals surface area contributed by atoms with Crippen LogP contribution in [0, 0.1) is 0 Å². The predicted molar refractivity (Wildman–Crippen MR) is 52.0 cm³/mol. The van der Waals surface area contributed by atoms with Crippen molar-refractivity contribution >= 4 is 16.7 Å². The van der Waals surface area contributed by atoms with Gasteiger partial charge in [0, 0.05) is 24.6 Å². The number of piperidine rings is 1. The highest BCUT2D eigenvalue weighted by atomic mass is 32.1. The number of rotatable bonds is 1. The molecule has 0 aliphatic carbocycles. The van der Waals surface area contributed by atoms with Crippen molar-refractivity contribution in [1.29, 1.82) is 0 Å². The van der Waals surface area contributed by atoms with Crippen LogP contribution in [0.25, 0.3) is 0 Å². The molecule has 1 aromatic rings. The lowest BCUT2D eigenvalue weighted by atomic mass is 9.94. The standard InChI is InChI=1S/C8H13N3OS/c1-8(12)2-4-11(5-3-8)7-9-6-10-13-7/h6,12H,2-5H2,1H3. The summed E-state index contributed by atoms with van der Waals surface area (Å²) in [6, 6.07) is 0. The highest BCUT2D eigenvalue weighted by molar-refractivity contribution is 7.09. The minimum Gasteiger partial charge on any atom is -0.390 e. The third-order valence-corrected chi connectivity index (χ3v) is 3.19. The van der Waals surface area contributed by atoms with Gasteiger partial charge in [-0.25, -0.2) is 4.98 Å². The van der Waals surface area contributed by atoms with Crippen LogP contribution in [0.15, 0.2) is 6.33 Å². The van der Waals surface area contributed by atoms with Crippen molar-refractivity contribution in [2.24, 2.45) is 0 Å². The van der Waals surface area contributed by atoms with Crippen LogP contribution in [-0.2, 0) is 0 Å². The molecule has 1 fully saturated rings. The van der Waals surface area contributed by atoms with Gasteiger partial charge in [0.05, 0.1) is 5.60 Å². The van der Waals surface area contributed by atoms with E-state index in [0.29, 0.717) is 0 Å². The number of anilines is 1. The van der Waals surface area contributed by atoms with E-state index in [2.05, 4.69) is 14.3 Å². The van der Waals surface area contributed by atoms with Crippen LogP contribution in [0.1, 0.15) is 19.8 Å². The molecular formula is C8H13N3OS. The molecule has 1 aliphatic heterocycles. The molecule has 4 nitrogen and oxygen atoms in total. The molecule has 2 rings (SSSR count). The maximum absolute atomic E-state index is 9.73. The number of nitrogens with zero attached hydrogens (tertiary/aromatic N) is 3. The van der Waals surface area contributed by atoms with Gasteiger partial charge in [0.15, 0.2) is 0 Å². The quantitative estimate of drug-likeness (QED) is 0.729. The van der Waals surface area contributed by atoms with Gasteiger partial charge in [-0.1, -0.05) is 0 Å². The van der Waals surface area contributed by atoms with Crippen LogP contribution in [0.3, 0.4) is 0 Å². The molecule has 0 spiro atoms. The summed E-state index contributed by atoms with van der Waals surface area (Å²) in [7, 11) is 0. The second-order valence-corrected chi connectivity index (χ2v) is 4.47. The fourth-order valence-corrected chi connectivity index (χ4v) is 2.07. The largest absolute Gasteiger partial charge is 0.390 e. The Hall–Kier alpha value is -0.680. The SMILES string of the molecule is CC1(O)CCN(c2ncns2)CC1. The van der Waals surface area contributed by atoms with E-state index in [1.54, 1.807) is 6.33 Å². The second kappa shape index (κ2) is 3.23. The zero-order valence-electron chi connectivity index (χ0n) is 7.60. The summed E-state index contributed by atoms with van der Waals surface area (Å²) >= 11 is 1.41. The average molecular weight is 199 g/mol. The third-order valence-electron chi connectivity index (χ3n) is 2.46. The summed E-state index contributed by atoms with van der Waals surface area (Å²) in [6.45, 7) is 3.65. The Morgan fingerprint density at radius 1 is 1.54 bits per heavy atom. The summed E-state index contributed by atoms with van der Waals surface area (Å²) in [5.41, 5.74) is -0.485. The molecule has 0 radical (unpaired) electrons. The minimum atomic E-state index is -0.485. The van der Waals surface area contributed by atoms with Crippen molar-refractivity contribution in [2.45, 2.75) is 25.4 Å². The van der Waals surface area contributed by atoms with Gasteiger partial charge in [-0.15, -0.1) is 0 Å². The Bertz CT molecular complexity index is 263. The fourth-order valence-electron chi connectivity index (χ4n) is 1.49. The fraction of sp³-hybridized carbons (Fsp3) is 0.750. The average Bonchev–Trinajstić information content (AvgIpc) is 2.56. The van der Waals surface area contributed by atoms with Gasteiger partial charge in [0.2, 0.25) is 5.13 Å². The molecule has 0 amide bonds. The van der Waals surface area contributed by atoms with Crippen molar-refractivity contribution in [3.05, 3.63) is 6.33 Å². The number of aromatic nitrogens is 2. The number of aliphatic hydroxyl groups is 1. The van der Waals surface area contributed by atoms with Crippen molar-refractivity contribution in [1.82, 2.24) is 9.36 Å². The molecule has 1 aliphatic rings. The van der Waals surface area contributed by atoms with E-state index in [1.165, 1.54) is 11.5 Å². The number of hydrogen-bond donors (Lipinski definition) is 1. The molecular weight excluding hydrogens is 186 g/mol. The van der Waals surface area contributed by atoms with Crippen molar-refractivity contribution in [2.75, 3.05) is 18.0 Å². The Kier molecular flexibility index (Phi) is 2.21. The van der Waals surface area contributed by atoms with Crippen LogP contribution in [0.2, 0.25) is 0 Å². The van der Waals surface area contributed by atoms with E-state index in [4.69, 9.17) is 0 Å². The topological polar surface area (TPSA) is 49.2 Å². The third kappa shape index (κ3) is 1.97. The van der Waals surface area contributed by atoms with Crippen LogP contribution >= 0.6 is 11.5 Å². The molecule has 0 atom stereocenters. The van der Waals surface area contributed by atoms with E-state index in [1.807, 2.05) is 6.92 Å². The van der Waals surface area contributed by atoms with Gasteiger partial charge >= 0.3 is 0 Å². The summed E-state index contributed by atoms with van der Waals surface area (Å²) in [5.74, 6) is 0. The first kappa shape index (κ1) is 8.90. The highest BCUT2D eigenvalue weighted by Gasteiger charge is 2.28. The van der Waals surface area contributed by atoms with Crippen molar-refractivity contribution < 1.29 is 5.11 Å². The van der Waals surface area contributed by atoms with Crippen molar-refractivity contribution in [3.63, 3.8) is 0 Å². The van der Waals surface area contributed by atoms with Crippen LogP contribution in [0.5, 0.6) is 0 Å². The first-order valence-corrected chi connectivity index (χ1v) is 5.19. The zero-order chi connectivity index (χ0) is 9.31. The molecule has 5 heteroatoms.